The number of rotatable bonds is 7. The predicted octanol–water partition coefficient (Wildman–Crippen LogP) is 3.96. The van der Waals surface area contributed by atoms with Gasteiger partial charge < -0.3 is 24.1 Å². The van der Waals surface area contributed by atoms with E-state index in [1.54, 1.807) is 7.11 Å². The molecule has 5 rings (SSSR count). The quantitative estimate of drug-likeness (QED) is 0.570. The molecule has 0 radical (unpaired) electrons. The van der Waals surface area contributed by atoms with Gasteiger partial charge in [0.1, 0.15) is 17.9 Å². The molecule has 1 fully saturated rings. The van der Waals surface area contributed by atoms with Gasteiger partial charge in [0.2, 0.25) is 0 Å². The van der Waals surface area contributed by atoms with Crippen LogP contribution in [0.15, 0.2) is 24.3 Å². The summed E-state index contributed by atoms with van der Waals surface area (Å²) in [5.41, 5.74) is 3.83. The van der Waals surface area contributed by atoms with E-state index in [0.717, 1.165) is 68.0 Å². The number of carbonyl (C=O) groups is 1. The summed E-state index contributed by atoms with van der Waals surface area (Å²) in [5, 5.41) is 3.04. The number of hydrogen-bond acceptors (Lipinski definition) is 6. The molecule has 1 aromatic carbocycles. The predicted molar refractivity (Wildman–Crippen MR) is 128 cm³/mol. The van der Waals surface area contributed by atoms with Crippen molar-refractivity contribution in [3.05, 3.63) is 46.9 Å². The van der Waals surface area contributed by atoms with Crippen LogP contribution in [0, 0.1) is 6.92 Å². The minimum absolute atomic E-state index is 0.141. The van der Waals surface area contributed by atoms with Crippen LogP contribution in [0.3, 0.4) is 0 Å². The number of nitrogens with one attached hydrogen (secondary N) is 1. The van der Waals surface area contributed by atoms with E-state index < -0.39 is 0 Å². The van der Waals surface area contributed by atoms with Gasteiger partial charge in [0.15, 0.2) is 17.1 Å². The maximum Gasteiger partial charge on any atom is 0.253 e. The average molecular weight is 465 g/mol. The van der Waals surface area contributed by atoms with Gasteiger partial charge in [-0.25, -0.2) is 9.97 Å². The second kappa shape index (κ2) is 10.0. The van der Waals surface area contributed by atoms with Crippen LogP contribution in [0.25, 0.3) is 11.2 Å². The Balaban J connectivity index is 1.30. The molecule has 0 saturated carbocycles. The molecule has 8 nitrogen and oxygen atoms in total. The fourth-order valence-electron chi connectivity index (χ4n) is 4.77. The van der Waals surface area contributed by atoms with E-state index in [9.17, 15) is 4.79 Å². The van der Waals surface area contributed by atoms with Crippen LogP contribution in [-0.4, -0.2) is 46.9 Å². The Kier molecular flexibility index (Phi) is 6.67. The Morgan fingerprint density at radius 2 is 2.09 bits per heavy atom. The summed E-state index contributed by atoms with van der Waals surface area (Å²) in [6.45, 7) is 4.52. The molecule has 1 unspecified atom stereocenters. The van der Waals surface area contributed by atoms with Crippen LogP contribution < -0.4 is 14.8 Å². The standard InChI is InChI=1S/C26H32N4O4/c1-17-13-20(24-25(28-17)30-11-5-3-4-8-23(30)29-24)26(31)27-15-18-9-10-21(22(14-18)32-2)34-16-19-7-6-12-33-19/h9-10,13-14,19H,3-8,11-12,15-16H2,1-2H3,(H,27,31). The number of imidazole rings is 1. The molecule has 1 saturated heterocycles. The third kappa shape index (κ3) is 4.73. The SMILES string of the molecule is COc1cc(CNC(=O)c2cc(C)nc3c2nc2n3CCCCC2)ccc1OCC1CCCO1. The molecule has 34 heavy (non-hydrogen) atoms. The van der Waals surface area contributed by atoms with Gasteiger partial charge in [-0.3, -0.25) is 4.79 Å². The molecule has 0 bridgehead atoms. The lowest BCUT2D eigenvalue weighted by Gasteiger charge is -2.15. The van der Waals surface area contributed by atoms with Crippen molar-refractivity contribution in [3.63, 3.8) is 0 Å². The lowest BCUT2D eigenvalue weighted by Crippen LogP contribution is -2.23. The number of methoxy groups -OCH3 is 1. The molecule has 2 aliphatic rings. The molecule has 3 aromatic rings. The van der Waals surface area contributed by atoms with E-state index in [1.807, 2.05) is 31.2 Å². The monoisotopic (exact) mass is 464 g/mol. The van der Waals surface area contributed by atoms with E-state index in [2.05, 4.69) is 9.88 Å². The number of hydrogen-bond donors (Lipinski definition) is 1. The molecule has 2 aromatic heterocycles. The highest BCUT2D eigenvalue weighted by molar-refractivity contribution is 6.04. The van der Waals surface area contributed by atoms with Gasteiger partial charge >= 0.3 is 0 Å². The van der Waals surface area contributed by atoms with Crippen molar-refractivity contribution in [1.82, 2.24) is 19.9 Å². The second-order valence-corrected chi connectivity index (χ2v) is 9.09. The molecule has 1 amide bonds. The van der Waals surface area contributed by atoms with Crippen molar-refractivity contribution in [2.75, 3.05) is 20.3 Å². The van der Waals surface area contributed by atoms with Crippen molar-refractivity contribution in [3.8, 4) is 11.5 Å². The van der Waals surface area contributed by atoms with Gasteiger partial charge in [-0.05, 0) is 56.4 Å². The normalized spacial score (nSPS) is 17.9. The van der Waals surface area contributed by atoms with Crippen molar-refractivity contribution in [2.24, 2.45) is 0 Å². The number of amides is 1. The second-order valence-electron chi connectivity index (χ2n) is 9.09. The van der Waals surface area contributed by atoms with E-state index in [-0.39, 0.29) is 12.0 Å². The third-order valence-corrected chi connectivity index (χ3v) is 6.57. The number of aryl methyl sites for hydroxylation is 3. The highest BCUT2D eigenvalue weighted by atomic mass is 16.5. The van der Waals surface area contributed by atoms with Gasteiger partial charge in [0, 0.05) is 31.8 Å². The van der Waals surface area contributed by atoms with Gasteiger partial charge in [-0.15, -0.1) is 0 Å². The summed E-state index contributed by atoms with van der Waals surface area (Å²) in [4.78, 5) is 22.7. The first-order chi connectivity index (χ1) is 16.6. The van der Waals surface area contributed by atoms with Gasteiger partial charge in [0.05, 0.1) is 18.8 Å². The van der Waals surface area contributed by atoms with Crippen LogP contribution >= 0.6 is 0 Å². The first-order valence-corrected chi connectivity index (χ1v) is 12.2. The van der Waals surface area contributed by atoms with E-state index in [4.69, 9.17) is 24.2 Å². The Labute approximate surface area is 199 Å². The molecule has 0 spiro atoms. The lowest BCUT2D eigenvalue weighted by molar-refractivity contribution is 0.0669. The van der Waals surface area contributed by atoms with E-state index in [1.165, 1.54) is 6.42 Å². The maximum absolute atomic E-state index is 13.2. The largest absolute Gasteiger partial charge is 0.493 e. The number of ether oxygens (including phenoxy) is 3. The van der Waals surface area contributed by atoms with Gasteiger partial charge in [-0.2, -0.15) is 0 Å². The van der Waals surface area contributed by atoms with Crippen LogP contribution in [0.1, 0.15) is 59.5 Å². The summed E-state index contributed by atoms with van der Waals surface area (Å²) in [6, 6.07) is 7.56. The van der Waals surface area contributed by atoms with E-state index in [0.29, 0.717) is 35.7 Å². The minimum atomic E-state index is -0.151. The molecule has 180 valence electrons. The first kappa shape index (κ1) is 22.7. The molecular weight excluding hydrogens is 432 g/mol. The summed E-state index contributed by atoms with van der Waals surface area (Å²) in [5.74, 6) is 2.20. The van der Waals surface area contributed by atoms with Crippen LogP contribution in [0.5, 0.6) is 11.5 Å². The third-order valence-electron chi connectivity index (χ3n) is 6.57. The number of pyridine rings is 1. The Morgan fingerprint density at radius 1 is 1.18 bits per heavy atom. The number of aromatic nitrogens is 3. The highest BCUT2D eigenvalue weighted by Gasteiger charge is 2.21. The number of fused-ring (bicyclic) bond motifs is 3. The van der Waals surface area contributed by atoms with E-state index >= 15 is 0 Å². The van der Waals surface area contributed by atoms with Crippen molar-refractivity contribution in [1.29, 1.82) is 0 Å². The minimum Gasteiger partial charge on any atom is -0.493 e. The molecule has 2 aliphatic heterocycles. The molecule has 1 atom stereocenters. The highest BCUT2D eigenvalue weighted by Crippen LogP contribution is 2.29. The fraction of sp³-hybridized carbons (Fsp3) is 0.500. The summed E-state index contributed by atoms with van der Waals surface area (Å²) in [6.07, 6.45) is 6.61. The summed E-state index contributed by atoms with van der Waals surface area (Å²) in [7, 11) is 1.62. The molecular formula is C26H32N4O4. The first-order valence-electron chi connectivity index (χ1n) is 12.2. The smallest absolute Gasteiger partial charge is 0.253 e. The topological polar surface area (TPSA) is 87.5 Å². The molecule has 8 heteroatoms. The van der Waals surface area contributed by atoms with Crippen molar-refractivity contribution in [2.45, 2.75) is 64.6 Å². The number of benzene rings is 1. The lowest BCUT2D eigenvalue weighted by atomic mass is 10.1. The summed E-state index contributed by atoms with van der Waals surface area (Å²) >= 11 is 0. The summed E-state index contributed by atoms with van der Waals surface area (Å²) < 4.78 is 19.3. The van der Waals surface area contributed by atoms with Crippen molar-refractivity contribution < 1.29 is 19.0 Å². The molecule has 4 heterocycles. The average Bonchev–Trinajstić information content (AvgIpc) is 3.42. The van der Waals surface area contributed by atoms with Crippen LogP contribution in [-0.2, 0) is 24.2 Å². The van der Waals surface area contributed by atoms with Crippen LogP contribution in [0.2, 0.25) is 0 Å². The van der Waals surface area contributed by atoms with Crippen molar-refractivity contribution >= 4 is 17.1 Å². The fourth-order valence-corrected chi connectivity index (χ4v) is 4.77. The Morgan fingerprint density at radius 3 is 2.91 bits per heavy atom. The Bertz CT molecular complexity index is 1180. The zero-order chi connectivity index (χ0) is 23.5. The zero-order valence-electron chi connectivity index (χ0n) is 19.9. The molecule has 0 aliphatic carbocycles. The zero-order valence-corrected chi connectivity index (χ0v) is 19.9. The number of carbonyl (C=O) groups excluding carboxylic acids is 1. The van der Waals surface area contributed by atoms with Crippen LogP contribution in [0.4, 0.5) is 0 Å². The Hall–Kier alpha value is -3.13. The molecule has 1 N–H and O–H groups in total. The van der Waals surface area contributed by atoms with Gasteiger partial charge in [0.25, 0.3) is 5.91 Å². The maximum atomic E-state index is 13.2. The number of nitrogens with zero attached hydrogens (tertiary/aromatic N) is 3. The van der Waals surface area contributed by atoms with Gasteiger partial charge in [-0.1, -0.05) is 12.5 Å².